The second kappa shape index (κ2) is 9.54. The van der Waals surface area contributed by atoms with Gasteiger partial charge >= 0.3 is 0 Å². The molecule has 0 radical (unpaired) electrons. The van der Waals surface area contributed by atoms with Gasteiger partial charge in [0.1, 0.15) is 4.83 Å². The van der Waals surface area contributed by atoms with Gasteiger partial charge in [-0.1, -0.05) is 51.1 Å². The number of rotatable bonds is 5. The molecule has 6 nitrogen and oxygen atoms in total. The lowest BCUT2D eigenvalue weighted by molar-refractivity contribution is 0.218. The Labute approximate surface area is 216 Å². The molecule has 36 heavy (non-hydrogen) atoms. The molecule has 2 aromatic carbocycles. The fourth-order valence-electron chi connectivity index (χ4n) is 4.88. The molecule has 2 heterocycles. The fourth-order valence-corrected chi connectivity index (χ4v) is 6.17. The average Bonchev–Trinajstić information content (AvgIpc) is 3.22. The monoisotopic (exact) mass is 499 g/mol. The molecule has 1 aliphatic rings. The van der Waals surface area contributed by atoms with Crippen LogP contribution in [-0.2, 0) is 12.8 Å². The Hall–Kier alpha value is -3.45. The first kappa shape index (κ1) is 24.3. The molecule has 1 atom stereocenters. The van der Waals surface area contributed by atoms with Gasteiger partial charge in [-0.3, -0.25) is 4.79 Å². The minimum absolute atomic E-state index is 0.0362. The third-order valence-electron chi connectivity index (χ3n) is 7.11. The van der Waals surface area contributed by atoms with Crippen LogP contribution in [0, 0.1) is 11.3 Å². The second-order valence-electron chi connectivity index (χ2n) is 10.8. The van der Waals surface area contributed by atoms with Crippen LogP contribution in [0.25, 0.3) is 15.9 Å². The minimum atomic E-state index is -0.0362. The van der Waals surface area contributed by atoms with Crippen molar-refractivity contribution in [1.82, 2.24) is 9.55 Å². The SMILES string of the molecule is CN(C)c1ccc(/C=N\Nc2nc3sc4c(c3c(=O)n2-c2ccccc2)CC[C@H](C(C)(C)C)C4)cc1. The van der Waals surface area contributed by atoms with E-state index in [-0.39, 0.29) is 11.0 Å². The van der Waals surface area contributed by atoms with Crippen molar-refractivity contribution < 1.29 is 0 Å². The number of hydrogen-bond acceptors (Lipinski definition) is 6. The summed E-state index contributed by atoms with van der Waals surface area (Å²) in [7, 11) is 4.03. The van der Waals surface area contributed by atoms with Gasteiger partial charge in [0.2, 0.25) is 5.95 Å². The number of nitrogens with one attached hydrogen (secondary N) is 1. The second-order valence-corrected chi connectivity index (χ2v) is 11.8. The summed E-state index contributed by atoms with van der Waals surface area (Å²) in [5.74, 6) is 1.03. The van der Waals surface area contributed by atoms with Gasteiger partial charge in [0.25, 0.3) is 5.56 Å². The van der Waals surface area contributed by atoms with Crippen molar-refractivity contribution in [2.75, 3.05) is 24.4 Å². The van der Waals surface area contributed by atoms with E-state index in [2.05, 4.69) is 36.2 Å². The summed E-state index contributed by atoms with van der Waals surface area (Å²) < 4.78 is 1.65. The largest absolute Gasteiger partial charge is 0.378 e. The Morgan fingerprint density at radius 1 is 1.11 bits per heavy atom. The van der Waals surface area contributed by atoms with Gasteiger partial charge < -0.3 is 4.90 Å². The van der Waals surface area contributed by atoms with Crippen molar-refractivity contribution in [3.63, 3.8) is 0 Å². The molecule has 0 spiro atoms. The lowest BCUT2D eigenvalue weighted by Crippen LogP contribution is -2.27. The smallest absolute Gasteiger partial charge is 0.268 e. The zero-order valence-electron chi connectivity index (χ0n) is 21.6. The van der Waals surface area contributed by atoms with Crippen molar-refractivity contribution in [3.8, 4) is 5.69 Å². The molecule has 1 N–H and O–H groups in total. The summed E-state index contributed by atoms with van der Waals surface area (Å²) in [5, 5.41) is 5.20. The van der Waals surface area contributed by atoms with E-state index in [1.54, 1.807) is 22.1 Å². The highest BCUT2D eigenvalue weighted by atomic mass is 32.1. The number of aromatic nitrogens is 2. The quantitative estimate of drug-likeness (QED) is 0.266. The van der Waals surface area contributed by atoms with Crippen molar-refractivity contribution >= 4 is 39.4 Å². The summed E-state index contributed by atoms with van der Waals surface area (Å²) in [6.07, 6.45) is 4.79. The molecular weight excluding hydrogens is 466 g/mol. The van der Waals surface area contributed by atoms with E-state index in [4.69, 9.17) is 4.98 Å². The van der Waals surface area contributed by atoms with Crippen LogP contribution in [0.1, 0.15) is 43.2 Å². The van der Waals surface area contributed by atoms with Crippen molar-refractivity contribution in [3.05, 3.63) is 81.0 Å². The van der Waals surface area contributed by atoms with E-state index in [0.29, 0.717) is 11.9 Å². The van der Waals surface area contributed by atoms with Gasteiger partial charge in [-0.15, -0.1) is 11.3 Å². The third-order valence-corrected chi connectivity index (χ3v) is 8.26. The van der Waals surface area contributed by atoms with Gasteiger partial charge in [0, 0.05) is 24.7 Å². The molecule has 0 unspecified atom stereocenters. The summed E-state index contributed by atoms with van der Waals surface area (Å²) >= 11 is 1.66. The molecule has 0 bridgehead atoms. The van der Waals surface area contributed by atoms with Crippen LogP contribution in [0.3, 0.4) is 0 Å². The topological polar surface area (TPSA) is 62.5 Å². The molecule has 4 aromatic rings. The number of para-hydroxylation sites is 1. The van der Waals surface area contributed by atoms with Crippen molar-refractivity contribution in [2.45, 2.75) is 40.0 Å². The summed E-state index contributed by atoms with van der Waals surface area (Å²) in [4.78, 5) is 23.0. The number of benzene rings is 2. The molecule has 7 heteroatoms. The lowest BCUT2D eigenvalue weighted by atomic mass is 9.72. The van der Waals surface area contributed by atoms with Gasteiger partial charge in [0.05, 0.1) is 17.3 Å². The van der Waals surface area contributed by atoms with E-state index in [9.17, 15) is 4.79 Å². The average molecular weight is 500 g/mol. The molecule has 0 saturated heterocycles. The number of fused-ring (bicyclic) bond motifs is 3. The molecule has 186 valence electrons. The Balaban J connectivity index is 1.55. The Morgan fingerprint density at radius 2 is 1.83 bits per heavy atom. The highest BCUT2D eigenvalue weighted by molar-refractivity contribution is 7.18. The van der Waals surface area contributed by atoms with Gasteiger partial charge in [-0.05, 0) is 66.0 Å². The maximum Gasteiger partial charge on any atom is 0.268 e. The fraction of sp³-hybridized carbons (Fsp3) is 0.345. The lowest BCUT2D eigenvalue weighted by Gasteiger charge is -2.33. The minimum Gasteiger partial charge on any atom is -0.378 e. The van der Waals surface area contributed by atoms with Crippen LogP contribution in [0.4, 0.5) is 11.6 Å². The van der Waals surface area contributed by atoms with Crippen LogP contribution in [0.2, 0.25) is 0 Å². The Bertz CT molecular complexity index is 1460. The predicted molar refractivity (Wildman–Crippen MR) is 152 cm³/mol. The number of aryl methyl sites for hydroxylation is 1. The summed E-state index contributed by atoms with van der Waals surface area (Å²) in [5.41, 5.74) is 7.32. The predicted octanol–water partition coefficient (Wildman–Crippen LogP) is 6.11. The molecule has 0 aliphatic heterocycles. The maximum atomic E-state index is 13.9. The molecule has 0 saturated carbocycles. The number of hydrazone groups is 1. The normalized spacial score (nSPS) is 15.9. The molecule has 1 aliphatic carbocycles. The summed E-state index contributed by atoms with van der Waals surface area (Å²) in [6, 6.07) is 17.8. The van der Waals surface area contributed by atoms with Crippen LogP contribution < -0.4 is 15.9 Å². The van der Waals surface area contributed by atoms with Gasteiger partial charge in [-0.25, -0.2) is 15.0 Å². The molecule has 2 aromatic heterocycles. The standard InChI is InChI=1S/C29H33N5OS/c1-29(2,3)20-13-16-23-24(17-20)36-26-25(23)27(35)34(22-9-7-6-8-10-22)28(31-26)32-30-18-19-11-14-21(15-12-19)33(4)5/h6-12,14-15,18,20H,13,16-17H2,1-5H3,(H,31,32)/b30-18-/t20-/m0/s1. The van der Waals surface area contributed by atoms with Crippen molar-refractivity contribution in [1.29, 1.82) is 0 Å². The van der Waals surface area contributed by atoms with Crippen LogP contribution in [-0.4, -0.2) is 29.9 Å². The first-order chi connectivity index (χ1) is 17.2. The maximum absolute atomic E-state index is 13.9. The zero-order valence-corrected chi connectivity index (χ0v) is 22.4. The molecule has 5 rings (SSSR count). The first-order valence-corrected chi connectivity index (χ1v) is 13.2. The highest BCUT2D eigenvalue weighted by Gasteiger charge is 2.32. The number of thiophene rings is 1. The van der Waals surface area contributed by atoms with E-state index < -0.39 is 0 Å². The van der Waals surface area contributed by atoms with E-state index in [1.165, 1.54) is 10.4 Å². The van der Waals surface area contributed by atoms with Crippen LogP contribution in [0.15, 0.2) is 64.5 Å². The molecular formula is C29H33N5OS. The summed E-state index contributed by atoms with van der Waals surface area (Å²) in [6.45, 7) is 6.93. The van der Waals surface area contributed by atoms with Crippen LogP contribution in [0.5, 0.6) is 0 Å². The Morgan fingerprint density at radius 3 is 2.50 bits per heavy atom. The third kappa shape index (κ3) is 4.67. The first-order valence-electron chi connectivity index (χ1n) is 12.4. The van der Waals surface area contributed by atoms with Gasteiger partial charge in [-0.2, -0.15) is 5.10 Å². The van der Waals surface area contributed by atoms with E-state index in [0.717, 1.165) is 46.4 Å². The number of nitrogens with zero attached hydrogens (tertiary/aromatic N) is 4. The van der Waals surface area contributed by atoms with E-state index >= 15 is 0 Å². The highest BCUT2D eigenvalue weighted by Crippen LogP contribution is 2.42. The van der Waals surface area contributed by atoms with Crippen LogP contribution >= 0.6 is 11.3 Å². The molecule has 0 amide bonds. The zero-order chi connectivity index (χ0) is 25.4. The number of anilines is 2. The van der Waals surface area contributed by atoms with Gasteiger partial charge in [0.15, 0.2) is 0 Å². The number of hydrogen-bond donors (Lipinski definition) is 1. The molecule has 0 fully saturated rings. The van der Waals surface area contributed by atoms with E-state index in [1.807, 2.05) is 68.7 Å². The van der Waals surface area contributed by atoms with Crippen molar-refractivity contribution in [2.24, 2.45) is 16.4 Å². The Kier molecular flexibility index (Phi) is 6.43.